The minimum atomic E-state index is -0.0371. The summed E-state index contributed by atoms with van der Waals surface area (Å²) in [5.41, 5.74) is 0.714. The minimum absolute atomic E-state index is 0.0371. The van der Waals surface area contributed by atoms with E-state index in [9.17, 15) is 4.79 Å². The molecule has 0 aromatic heterocycles. The van der Waals surface area contributed by atoms with Crippen LogP contribution in [0.5, 0.6) is 17.2 Å². The zero-order valence-corrected chi connectivity index (χ0v) is 10.4. The summed E-state index contributed by atoms with van der Waals surface area (Å²) >= 11 is 0. The highest BCUT2D eigenvalue weighted by Gasteiger charge is 2.10. The number of hydrogen-bond donors (Lipinski definition) is 0. The van der Waals surface area contributed by atoms with Crippen LogP contribution >= 0.6 is 0 Å². The normalized spacial score (nSPS) is 10.4. The molecule has 0 aliphatic carbocycles. The summed E-state index contributed by atoms with van der Waals surface area (Å²) in [6.45, 7) is 1.49. The Kier molecular flexibility index (Phi) is 4.57. The van der Waals surface area contributed by atoms with Crippen molar-refractivity contribution in [2.45, 2.75) is 6.92 Å². The van der Waals surface area contributed by atoms with Crippen LogP contribution < -0.4 is 14.2 Å². The molecule has 1 aromatic rings. The van der Waals surface area contributed by atoms with Gasteiger partial charge in [-0.15, -0.1) is 0 Å². The quantitative estimate of drug-likeness (QED) is 0.736. The van der Waals surface area contributed by atoms with Gasteiger partial charge in [0.2, 0.25) is 0 Å². The molecule has 17 heavy (non-hydrogen) atoms. The van der Waals surface area contributed by atoms with Crippen molar-refractivity contribution in [2.75, 3.05) is 21.3 Å². The maximum absolute atomic E-state index is 10.9. The molecule has 0 saturated carbocycles. The number of rotatable bonds is 5. The van der Waals surface area contributed by atoms with Crippen molar-refractivity contribution in [3.63, 3.8) is 0 Å². The van der Waals surface area contributed by atoms with Gasteiger partial charge in [0, 0.05) is 12.1 Å². The van der Waals surface area contributed by atoms with Crippen molar-refractivity contribution < 1.29 is 19.0 Å². The number of hydrogen-bond acceptors (Lipinski definition) is 4. The summed E-state index contributed by atoms with van der Waals surface area (Å²) in [6, 6.07) is 3.48. The van der Waals surface area contributed by atoms with E-state index in [0.717, 1.165) is 0 Å². The van der Waals surface area contributed by atoms with Crippen LogP contribution in [0.4, 0.5) is 0 Å². The van der Waals surface area contributed by atoms with Crippen LogP contribution in [0.1, 0.15) is 12.5 Å². The molecule has 0 aliphatic rings. The second-order valence-corrected chi connectivity index (χ2v) is 3.39. The van der Waals surface area contributed by atoms with Gasteiger partial charge in [0.25, 0.3) is 0 Å². The van der Waals surface area contributed by atoms with Gasteiger partial charge in [0.1, 0.15) is 17.2 Å². The molecular formula is C13H16O4. The van der Waals surface area contributed by atoms with Crippen molar-refractivity contribution >= 4 is 11.9 Å². The molecule has 0 fully saturated rings. The van der Waals surface area contributed by atoms with Gasteiger partial charge in [-0.1, -0.05) is 0 Å². The SMILES string of the molecule is COc1cc(OC)c(/C=C/C(C)=O)c(OC)c1. The van der Waals surface area contributed by atoms with Gasteiger partial charge in [-0.25, -0.2) is 0 Å². The van der Waals surface area contributed by atoms with Crippen LogP contribution in [0, 0.1) is 0 Å². The Morgan fingerprint density at radius 2 is 1.59 bits per heavy atom. The Hall–Kier alpha value is -1.97. The summed E-state index contributed by atoms with van der Waals surface area (Å²) in [6.07, 6.45) is 3.13. The van der Waals surface area contributed by atoms with Crippen molar-refractivity contribution in [1.82, 2.24) is 0 Å². The standard InChI is InChI=1S/C13H16O4/c1-9(14)5-6-11-12(16-3)7-10(15-2)8-13(11)17-4/h5-8H,1-4H3/b6-5+. The third kappa shape index (κ3) is 3.24. The molecular weight excluding hydrogens is 220 g/mol. The van der Waals surface area contributed by atoms with E-state index in [4.69, 9.17) is 14.2 Å². The smallest absolute Gasteiger partial charge is 0.152 e. The lowest BCUT2D eigenvalue weighted by atomic mass is 10.1. The fourth-order valence-corrected chi connectivity index (χ4v) is 1.40. The van der Waals surface area contributed by atoms with Crippen LogP contribution in [0.15, 0.2) is 18.2 Å². The maximum Gasteiger partial charge on any atom is 0.152 e. The summed E-state index contributed by atoms with van der Waals surface area (Å²) < 4.78 is 15.6. The monoisotopic (exact) mass is 236 g/mol. The molecule has 92 valence electrons. The molecule has 0 spiro atoms. The van der Waals surface area contributed by atoms with Crippen molar-refractivity contribution in [1.29, 1.82) is 0 Å². The van der Waals surface area contributed by atoms with Gasteiger partial charge in [-0.3, -0.25) is 4.79 Å². The summed E-state index contributed by atoms with van der Waals surface area (Å²) in [5.74, 6) is 1.79. The van der Waals surface area contributed by atoms with Crippen LogP contribution in [0.25, 0.3) is 6.08 Å². The Labute approximate surface area is 101 Å². The largest absolute Gasteiger partial charge is 0.496 e. The molecule has 4 heteroatoms. The lowest BCUT2D eigenvalue weighted by Gasteiger charge is -2.12. The van der Waals surface area contributed by atoms with Gasteiger partial charge in [-0.05, 0) is 19.1 Å². The van der Waals surface area contributed by atoms with Crippen LogP contribution in [-0.4, -0.2) is 27.1 Å². The number of ether oxygens (including phenoxy) is 3. The first-order valence-corrected chi connectivity index (χ1v) is 5.11. The predicted molar refractivity (Wildman–Crippen MR) is 65.8 cm³/mol. The average Bonchev–Trinajstić information content (AvgIpc) is 2.34. The molecule has 0 radical (unpaired) electrons. The second kappa shape index (κ2) is 5.94. The van der Waals surface area contributed by atoms with Crippen LogP contribution in [0.3, 0.4) is 0 Å². The van der Waals surface area contributed by atoms with E-state index in [1.807, 2.05) is 0 Å². The molecule has 0 bridgehead atoms. The molecule has 4 nitrogen and oxygen atoms in total. The third-order valence-corrected chi connectivity index (χ3v) is 2.24. The minimum Gasteiger partial charge on any atom is -0.496 e. The number of methoxy groups -OCH3 is 3. The van der Waals surface area contributed by atoms with E-state index >= 15 is 0 Å². The second-order valence-electron chi connectivity index (χ2n) is 3.39. The highest BCUT2D eigenvalue weighted by molar-refractivity contribution is 5.92. The number of allylic oxidation sites excluding steroid dienone is 1. The lowest BCUT2D eigenvalue weighted by molar-refractivity contribution is -0.112. The van der Waals surface area contributed by atoms with Gasteiger partial charge in [0.05, 0.1) is 26.9 Å². The van der Waals surface area contributed by atoms with Gasteiger partial charge in [-0.2, -0.15) is 0 Å². The van der Waals surface area contributed by atoms with Crippen molar-refractivity contribution in [3.05, 3.63) is 23.8 Å². The van der Waals surface area contributed by atoms with E-state index in [2.05, 4.69) is 0 Å². The molecule has 0 saturated heterocycles. The van der Waals surface area contributed by atoms with Crippen LogP contribution in [-0.2, 0) is 4.79 Å². The van der Waals surface area contributed by atoms with E-state index < -0.39 is 0 Å². The van der Waals surface area contributed by atoms with Gasteiger partial charge < -0.3 is 14.2 Å². The highest BCUT2D eigenvalue weighted by atomic mass is 16.5. The lowest BCUT2D eigenvalue weighted by Crippen LogP contribution is -1.95. The van der Waals surface area contributed by atoms with E-state index in [1.54, 1.807) is 39.5 Å². The van der Waals surface area contributed by atoms with E-state index in [-0.39, 0.29) is 5.78 Å². The Bertz CT molecular complexity index is 410. The Morgan fingerprint density at radius 1 is 1.06 bits per heavy atom. The van der Waals surface area contributed by atoms with Crippen LogP contribution in [0.2, 0.25) is 0 Å². The predicted octanol–water partition coefficient (Wildman–Crippen LogP) is 2.31. The van der Waals surface area contributed by atoms with E-state index in [1.165, 1.54) is 13.0 Å². The zero-order chi connectivity index (χ0) is 12.8. The van der Waals surface area contributed by atoms with Gasteiger partial charge >= 0.3 is 0 Å². The highest BCUT2D eigenvalue weighted by Crippen LogP contribution is 2.34. The first-order chi connectivity index (χ1) is 8.12. The van der Waals surface area contributed by atoms with E-state index in [0.29, 0.717) is 22.8 Å². The molecule has 0 atom stereocenters. The molecule has 1 aromatic carbocycles. The Balaban J connectivity index is 3.29. The zero-order valence-electron chi connectivity index (χ0n) is 10.4. The molecule has 1 rings (SSSR count). The van der Waals surface area contributed by atoms with Gasteiger partial charge in [0.15, 0.2) is 5.78 Å². The number of ketones is 1. The maximum atomic E-state index is 10.9. The molecule has 0 amide bonds. The number of benzene rings is 1. The summed E-state index contributed by atoms with van der Waals surface area (Å²) in [7, 11) is 4.68. The third-order valence-electron chi connectivity index (χ3n) is 2.24. The fraction of sp³-hybridized carbons (Fsp3) is 0.308. The number of carbonyl (C=O) groups excluding carboxylic acids is 1. The average molecular weight is 236 g/mol. The first kappa shape index (κ1) is 13.1. The fourth-order valence-electron chi connectivity index (χ4n) is 1.40. The molecule has 0 heterocycles. The summed E-state index contributed by atoms with van der Waals surface area (Å²) in [5, 5.41) is 0. The Morgan fingerprint density at radius 3 is 1.94 bits per heavy atom. The molecule has 0 aliphatic heterocycles. The molecule has 0 unspecified atom stereocenters. The first-order valence-electron chi connectivity index (χ1n) is 5.11. The topological polar surface area (TPSA) is 44.8 Å². The summed E-state index contributed by atoms with van der Waals surface area (Å²) in [4.78, 5) is 10.9. The number of carbonyl (C=O) groups is 1. The van der Waals surface area contributed by atoms with Crippen molar-refractivity contribution in [2.24, 2.45) is 0 Å². The molecule has 0 N–H and O–H groups in total. The van der Waals surface area contributed by atoms with Crippen molar-refractivity contribution in [3.8, 4) is 17.2 Å².